The van der Waals surface area contributed by atoms with E-state index in [0.717, 1.165) is 43.4 Å². The second-order valence-electron chi connectivity index (χ2n) is 15.6. The molecule has 1 aliphatic heterocycles. The molecular weight excluding hydrogens is 572 g/mol. The third-order valence-corrected chi connectivity index (χ3v) is 11.4. The van der Waals surface area contributed by atoms with Crippen LogP contribution in [-0.2, 0) is 9.47 Å². The van der Waals surface area contributed by atoms with Crippen LogP contribution in [0.15, 0.2) is 48.6 Å². The summed E-state index contributed by atoms with van der Waals surface area (Å²) in [6.07, 6.45) is 55.9. The number of hydrogen-bond acceptors (Lipinski definition) is 2. The highest BCUT2D eigenvalue weighted by Crippen LogP contribution is 2.57. The molecule has 5 atom stereocenters. The number of unbranched alkanes of at least 4 members (excludes halogenated alkanes) is 18. The van der Waals surface area contributed by atoms with Crippen molar-refractivity contribution in [3.8, 4) is 0 Å². The molecule has 0 aromatic rings. The Morgan fingerprint density at radius 3 is 1.34 bits per heavy atom. The van der Waals surface area contributed by atoms with Crippen LogP contribution in [-0.4, -0.2) is 18.0 Å². The highest BCUT2D eigenvalue weighted by molar-refractivity contribution is 5.06. The van der Waals surface area contributed by atoms with Gasteiger partial charge in [0.2, 0.25) is 0 Å². The van der Waals surface area contributed by atoms with E-state index in [1.807, 2.05) is 0 Å². The van der Waals surface area contributed by atoms with Crippen LogP contribution in [0.25, 0.3) is 0 Å². The van der Waals surface area contributed by atoms with Gasteiger partial charge in [0, 0.05) is 12.8 Å². The molecule has 0 aromatic carbocycles. The van der Waals surface area contributed by atoms with E-state index >= 15 is 0 Å². The Morgan fingerprint density at radius 1 is 0.468 bits per heavy atom. The van der Waals surface area contributed by atoms with Crippen LogP contribution in [0.5, 0.6) is 0 Å². The molecule has 2 unspecified atom stereocenters. The summed E-state index contributed by atoms with van der Waals surface area (Å²) in [7, 11) is 0. The maximum Gasteiger partial charge on any atom is 0.169 e. The molecule has 2 bridgehead atoms. The summed E-state index contributed by atoms with van der Waals surface area (Å²) >= 11 is 0. The normalized spacial score (nSPS) is 25.1. The van der Waals surface area contributed by atoms with E-state index in [9.17, 15) is 0 Å². The predicted molar refractivity (Wildman–Crippen MR) is 206 cm³/mol. The summed E-state index contributed by atoms with van der Waals surface area (Å²) in [6, 6.07) is 0. The van der Waals surface area contributed by atoms with Gasteiger partial charge in [0.15, 0.2) is 5.79 Å². The molecule has 0 spiro atoms. The lowest BCUT2D eigenvalue weighted by Crippen LogP contribution is -2.33. The smallest absolute Gasteiger partial charge is 0.169 e. The Kier molecular flexibility index (Phi) is 22.1. The van der Waals surface area contributed by atoms with Crippen molar-refractivity contribution in [3.05, 3.63) is 48.6 Å². The topological polar surface area (TPSA) is 18.5 Å². The first-order valence-electron chi connectivity index (χ1n) is 21.1. The first-order valence-corrected chi connectivity index (χ1v) is 21.1. The van der Waals surface area contributed by atoms with Crippen LogP contribution in [0, 0.1) is 17.8 Å². The average molecular weight is 651 g/mol. The van der Waals surface area contributed by atoms with Crippen molar-refractivity contribution in [1.82, 2.24) is 0 Å². The van der Waals surface area contributed by atoms with Gasteiger partial charge in [-0.15, -0.1) is 0 Å². The monoisotopic (exact) mass is 651 g/mol. The molecule has 270 valence electrons. The number of allylic oxidation sites excluding steroid dienone is 8. The number of rotatable bonds is 30. The van der Waals surface area contributed by atoms with E-state index in [1.165, 1.54) is 154 Å². The Bertz CT molecular complexity index is 819. The number of hydrogen-bond donors (Lipinski definition) is 0. The summed E-state index contributed by atoms with van der Waals surface area (Å²) in [5, 5.41) is 0. The zero-order chi connectivity index (χ0) is 33.3. The van der Waals surface area contributed by atoms with Crippen LogP contribution in [0.1, 0.15) is 201 Å². The van der Waals surface area contributed by atoms with Crippen LogP contribution in [0.2, 0.25) is 0 Å². The SMILES string of the molecule is CCCCC/C=C\C/C=C\CCCCCCCCC1(CCCCCCCC/C=C\C/C=C\CCCCC)O[C@@H]2C3CC([C@@H](C)C3)[C@@H]2O1. The summed E-state index contributed by atoms with van der Waals surface area (Å²) < 4.78 is 13.9. The summed E-state index contributed by atoms with van der Waals surface area (Å²) in [4.78, 5) is 0. The van der Waals surface area contributed by atoms with Crippen molar-refractivity contribution in [1.29, 1.82) is 0 Å². The molecule has 3 fully saturated rings. The van der Waals surface area contributed by atoms with E-state index in [2.05, 4.69) is 69.4 Å². The molecule has 2 heteroatoms. The molecule has 2 saturated carbocycles. The van der Waals surface area contributed by atoms with Gasteiger partial charge in [-0.2, -0.15) is 0 Å². The zero-order valence-electron chi connectivity index (χ0n) is 31.6. The first kappa shape index (κ1) is 40.3. The molecular formula is C45H78O2. The van der Waals surface area contributed by atoms with Gasteiger partial charge in [-0.3, -0.25) is 0 Å². The Hall–Kier alpha value is -1.12. The van der Waals surface area contributed by atoms with Gasteiger partial charge < -0.3 is 9.47 Å². The number of ether oxygens (including phenoxy) is 2. The predicted octanol–water partition coefficient (Wildman–Crippen LogP) is 14.5. The largest absolute Gasteiger partial charge is 0.344 e. The van der Waals surface area contributed by atoms with Gasteiger partial charge in [-0.25, -0.2) is 0 Å². The van der Waals surface area contributed by atoms with Gasteiger partial charge in [-0.1, -0.05) is 146 Å². The highest BCUT2D eigenvalue weighted by atomic mass is 16.8. The quantitative estimate of drug-likeness (QED) is 0.0569. The van der Waals surface area contributed by atoms with Gasteiger partial charge in [0.1, 0.15) is 0 Å². The van der Waals surface area contributed by atoms with Crippen LogP contribution in [0.3, 0.4) is 0 Å². The molecule has 47 heavy (non-hydrogen) atoms. The maximum absolute atomic E-state index is 6.98. The van der Waals surface area contributed by atoms with Crippen molar-refractivity contribution in [2.75, 3.05) is 0 Å². The number of fused-ring (bicyclic) bond motifs is 5. The van der Waals surface area contributed by atoms with Crippen molar-refractivity contribution in [2.45, 2.75) is 219 Å². The minimum atomic E-state index is -0.277. The lowest BCUT2D eigenvalue weighted by Gasteiger charge is -2.30. The van der Waals surface area contributed by atoms with Gasteiger partial charge in [-0.05, 0) is 108 Å². The van der Waals surface area contributed by atoms with Crippen molar-refractivity contribution in [3.63, 3.8) is 0 Å². The molecule has 0 N–H and O–H groups in total. The molecule has 3 rings (SSSR count). The molecule has 0 aromatic heterocycles. The molecule has 2 aliphatic carbocycles. The minimum absolute atomic E-state index is 0.277. The van der Waals surface area contributed by atoms with Crippen LogP contribution in [0.4, 0.5) is 0 Å². The van der Waals surface area contributed by atoms with Crippen LogP contribution >= 0.6 is 0 Å². The second-order valence-corrected chi connectivity index (χ2v) is 15.6. The molecule has 1 saturated heterocycles. The molecule has 0 radical (unpaired) electrons. The van der Waals surface area contributed by atoms with E-state index in [1.54, 1.807) is 0 Å². The third kappa shape index (κ3) is 16.4. The first-order chi connectivity index (χ1) is 23.2. The van der Waals surface area contributed by atoms with E-state index < -0.39 is 0 Å². The lowest BCUT2D eigenvalue weighted by atomic mass is 9.86. The fraction of sp³-hybridized carbons (Fsp3) is 0.822. The second kappa shape index (κ2) is 25.8. The fourth-order valence-corrected chi connectivity index (χ4v) is 8.54. The Labute approximate surface area is 293 Å². The summed E-state index contributed by atoms with van der Waals surface area (Å²) in [6.45, 7) is 7.00. The van der Waals surface area contributed by atoms with E-state index in [4.69, 9.17) is 9.47 Å². The van der Waals surface area contributed by atoms with Gasteiger partial charge >= 0.3 is 0 Å². The summed E-state index contributed by atoms with van der Waals surface area (Å²) in [5.41, 5.74) is 0. The lowest BCUT2D eigenvalue weighted by molar-refractivity contribution is -0.196. The van der Waals surface area contributed by atoms with Crippen LogP contribution < -0.4 is 0 Å². The zero-order valence-corrected chi connectivity index (χ0v) is 31.6. The average Bonchev–Trinajstić information content (AvgIpc) is 3.74. The maximum atomic E-state index is 6.98. The summed E-state index contributed by atoms with van der Waals surface area (Å²) in [5.74, 6) is 2.05. The van der Waals surface area contributed by atoms with E-state index in [0.29, 0.717) is 12.2 Å². The van der Waals surface area contributed by atoms with Gasteiger partial charge in [0.05, 0.1) is 12.2 Å². The Balaban J connectivity index is 1.23. The Morgan fingerprint density at radius 2 is 0.872 bits per heavy atom. The standard InChI is InChI=1S/C45H78O2/c1-4-6-8-10-12-14-16-18-20-22-24-26-28-30-32-34-36-45(46-43-41-38-40(3)42(39-41)44(43)47-45)37-35-33-31-29-27-25-23-21-19-17-15-13-11-9-7-5-2/h12-15,18-21,40-44H,4-11,16-17,22-39H2,1-3H3/b14-12-,15-13-,20-18-,21-19-/t40-,41?,42?,43+,44-/m0/s1. The van der Waals surface area contributed by atoms with Crippen molar-refractivity contribution < 1.29 is 9.47 Å². The van der Waals surface area contributed by atoms with E-state index in [-0.39, 0.29) is 5.79 Å². The molecule has 3 aliphatic rings. The fourth-order valence-electron chi connectivity index (χ4n) is 8.54. The van der Waals surface area contributed by atoms with Gasteiger partial charge in [0.25, 0.3) is 0 Å². The molecule has 1 heterocycles. The molecule has 2 nitrogen and oxygen atoms in total. The van der Waals surface area contributed by atoms with Crippen molar-refractivity contribution in [2.24, 2.45) is 17.8 Å². The molecule has 0 amide bonds. The minimum Gasteiger partial charge on any atom is -0.344 e. The highest BCUT2D eigenvalue weighted by Gasteiger charge is 2.60. The third-order valence-electron chi connectivity index (χ3n) is 11.4. The van der Waals surface area contributed by atoms with Crippen molar-refractivity contribution >= 4 is 0 Å².